The summed E-state index contributed by atoms with van der Waals surface area (Å²) in [6.45, 7) is 5.71. The number of aromatic nitrogens is 3. The third-order valence-electron chi connectivity index (χ3n) is 5.05. The molecule has 1 saturated heterocycles. The average molecular weight is 355 g/mol. The zero-order valence-corrected chi connectivity index (χ0v) is 16.3. The molecule has 6 heteroatoms. The van der Waals surface area contributed by atoms with Crippen LogP contribution in [0.15, 0.2) is 24.4 Å². The van der Waals surface area contributed by atoms with Crippen molar-refractivity contribution in [1.82, 2.24) is 19.7 Å². The van der Waals surface area contributed by atoms with Gasteiger partial charge in [0.1, 0.15) is 5.82 Å². The topological polar surface area (TPSA) is 54.3 Å². The van der Waals surface area contributed by atoms with Crippen molar-refractivity contribution in [1.29, 1.82) is 0 Å². The number of hydrogen-bond acceptors (Lipinski definition) is 4. The Morgan fingerprint density at radius 3 is 2.81 bits per heavy atom. The lowest BCUT2D eigenvalue weighted by Gasteiger charge is -2.26. The van der Waals surface area contributed by atoms with E-state index >= 15 is 0 Å². The van der Waals surface area contributed by atoms with E-state index in [1.54, 1.807) is 0 Å². The van der Waals surface area contributed by atoms with Crippen LogP contribution < -0.4 is 4.90 Å². The predicted octanol–water partition coefficient (Wildman–Crippen LogP) is 3.10. The molecule has 0 aromatic carbocycles. The first-order valence-electron chi connectivity index (χ1n) is 9.39. The van der Waals surface area contributed by atoms with Gasteiger partial charge in [0.25, 0.3) is 0 Å². The number of nitrogens with zero attached hydrogens (tertiary/aromatic N) is 5. The van der Waals surface area contributed by atoms with Gasteiger partial charge in [-0.25, -0.2) is 4.98 Å². The quantitative estimate of drug-likeness (QED) is 0.799. The molecule has 1 atom stereocenters. The largest absolute Gasteiger partial charge is 0.363 e. The smallest absolute Gasteiger partial charge is 0.223 e. The Bertz CT molecular complexity index is 767. The first-order valence-corrected chi connectivity index (χ1v) is 9.39. The van der Waals surface area contributed by atoms with Crippen molar-refractivity contribution >= 4 is 11.7 Å². The van der Waals surface area contributed by atoms with E-state index in [-0.39, 0.29) is 11.9 Å². The second-order valence-corrected chi connectivity index (χ2v) is 7.34. The van der Waals surface area contributed by atoms with Gasteiger partial charge in [-0.05, 0) is 56.9 Å². The van der Waals surface area contributed by atoms with Crippen LogP contribution in [-0.2, 0) is 11.3 Å². The minimum absolute atomic E-state index is 0.179. The van der Waals surface area contributed by atoms with Crippen LogP contribution in [0, 0.1) is 13.8 Å². The summed E-state index contributed by atoms with van der Waals surface area (Å²) in [6.07, 6.45) is 5.33. The third-order valence-corrected chi connectivity index (χ3v) is 5.05. The van der Waals surface area contributed by atoms with Crippen LogP contribution in [0.4, 0.5) is 5.82 Å². The van der Waals surface area contributed by atoms with E-state index in [9.17, 15) is 4.79 Å². The number of aryl methyl sites for hydroxylation is 3. The van der Waals surface area contributed by atoms with Gasteiger partial charge in [0.2, 0.25) is 5.91 Å². The molecular formula is C20H29N5O. The molecule has 0 unspecified atom stereocenters. The average Bonchev–Trinajstić information content (AvgIpc) is 3.21. The van der Waals surface area contributed by atoms with Crippen LogP contribution in [0.25, 0.3) is 0 Å². The van der Waals surface area contributed by atoms with Gasteiger partial charge in [-0.2, -0.15) is 5.10 Å². The summed E-state index contributed by atoms with van der Waals surface area (Å²) in [4.78, 5) is 21.2. The molecule has 0 spiro atoms. The van der Waals surface area contributed by atoms with E-state index in [1.165, 1.54) is 5.56 Å². The third kappa shape index (κ3) is 4.06. The van der Waals surface area contributed by atoms with Gasteiger partial charge in [-0.1, -0.05) is 0 Å². The summed E-state index contributed by atoms with van der Waals surface area (Å²) in [6, 6.07) is 6.40. The maximum Gasteiger partial charge on any atom is 0.223 e. The molecule has 140 valence electrons. The van der Waals surface area contributed by atoms with Crippen LogP contribution in [0.1, 0.15) is 48.7 Å². The summed E-state index contributed by atoms with van der Waals surface area (Å²) < 4.78 is 2.00. The predicted molar refractivity (Wildman–Crippen MR) is 103 cm³/mol. The highest BCUT2D eigenvalue weighted by Gasteiger charge is 2.29. The summed E-state index contributed by atoms with van der Waals surface area (Å²) in [5.74, 6) is 1.18. The van der Waals surface area contributed by atoms with Crippen molar-refractivity contribution in [2.75, 3.05) is 25.5 Å². The maximum absolute atomic E-state index is 12.8. The number of carbonyl (C=O) groups is 1. The van der Waals surface area contributed by atoms with Crippen molar-refractivity contribution < 1.29 is 4.79 Å². The Hall–Kier alpha value is -2.37. The number of rotatable bonds is 6. The van der Waals surface area contributed by atoms with Crippen molar-refractivity contribution in [2.24, 2.45) is 0 Å². The van der Waals surface area contributed by atoms with Crippen LogP contribution >= 0.6 is 0 Å². The fourth-order valence-corrected chi connectivity index (χ4v) is 3.72. The highest BCUT2D eigenvalue weighted by molar-refractivity contribution is 5.77. The molecule has 1 aliphatic heterocycles. The molecule has 6 nitrogen and oxygen atoms in total. The normalized spacial score (nSPS) is 16.9. The minimum Gasteiger partial charge on any atom is -0.363 e. The van der Waals surface area contributed by atoms with Crippen LogP contribution in [0.3, 0.4) is 0 Å². The van der Waals surface area contributed by atoms with Crippen LogP contribution in [0.5, 0.6) is 0 Å². The molecule has 1 aliphatic rings. The Morgan fingerprint density at radius 1 is 1.31 bits per heavy atom. The Morgan fingerprint density at radius 2 is 2.12 bits per heavy atom. The fraction of sp³-hybridized carbons (Fsp3) is 0.550. The van der Waals surface area contributed by atoms with Gasteiger partial charge in [-0.15, -0.1) is 0 Å². The van der Waals surface area contributed by atoms with Gasteiger partial charge in [0.15, 0.2) is 0 Å². The highest BCUT2D eigenvalue weighted by Crippen LogP contribution is 2.33. The highest BCUT2D eigenvalue weighted by atomic mass is 16.2. The molecule has 3 heterocycles. The second-order valence-electron chi connectivity index (χ2n) is 7.34. The van der Waals surface area contributed by atoms with Crippen LogP contribution in [-0.4, -0.2) is 46.2 Å². The number of anilines is 1. The molecule has 0 N–H and O–H groups in total. The lowest BCUT2D eigenvalue weighted by molar-refractivity contribution is -0.132. The molecule has 26 heavy (non-hydrogen) atoms. The van der Waals surface area contributed by atoms with Crippen LogP contribution in [0.2, 0.25) is 0 Å². The molecule has 0 aliphatic carbocycles. The summed E-state index contributed by atoms with van der Waals surface area (Å²) in [5.41, 5.74) is 3.37. The molecule has 1 amide bonds. The number of amides is 1. The van der Waals surface area contributed by atoms with Crippen molar-refractivity contribution in [2.45, 2.75) is 52.1 Å². The second kappa shape index (κ2) is 7.89. The lowest BCUT2D eigenvalue weighted by atomic mass is 10.1. The SMILES string of the molecule is Cc1cc(C)n(CCCC(=O)N2CCC[C@@H]2c2ccnc(N(C)C)c2)n1. The van der Waals surface area contributed by atoms with Gasteiger partial charge < -0.3 is 9.80 Å². The van der Waals surface area contributed by atoms with Crippen molar-refractivity contribution in [3.05, 3.63) is 41.3 Å². The molecule has 3 rings (SSSR count). The van der Waals surface area contributed by atoms with E-state index < -0.39 is 0 Å². The lowest BCUT2D eigenvalue weighted by Crippen LogP contribution is -2.30. The van der Waals surface area contributed by atoms with Gasteiger partial charge in [-0.3, -0.25) is 9.48 Å². The first kappa shape index (κ1) is 18.4. The number of pyridine rings is 1. The molecule has 0 saturated carbocycles. The molecule has 0 bridgehead atoms. The van der Waals surface area contributed by atoms with E-state index in [0.29, 0.717) is 6.42 Å². The first-order chi connectivity index (χ1) is 12.5. The Balaban J connectivity index is 1.61. The standard InChI is InChI=1S/C20H29N5O/c1-15-13-16(2)25(22-15)12-6-8-20(26)24-11-5-7-18(24)17-9-10-21-19(14-17)23(3)4/h9-10,13-14,18H,5-8,11-12H2,1-4H3/t18-/m1/s1. The van der Waals surface area contributed by atoms with Crippen molar-refractivity contribution in [3.63, 3.8) is 0 Å². The summed E-state index contributed by atoms with van der Waals surface area (Å²) in [7, 11) is 3.98. The van der Waals surface area contributed by atoms with E-state index in [0.717, 1.165) is 49.6 Å². The van der Waals surface area contributed by atoms with Gasteiger partial charge in [0.05, 0.1) is 11.7 Å². The maximum atomic E-state index is 12.8. The Kier molecular flexibility index (Phi) is 5.59. The number of hydrogen-bond donors (Lipinski definition) is 0. The van der Waals surface area contributed by atoms with Gasteiger partial charge in [0, 0.05) is 45.5 Å². The zero-order chi connectivity index (χ0) is 18.7. The fourth-order valence-electron chi connectivity index (χ4n) is 3.72. The molecular weight excluding hydrogens is 326 g/mol. The van der Waals surface area contributed by atoms with E-state index in [2.05, 4.69) is 34.0 Å². The monoisotopic (exact) mass is 355 g/mol. The molecule has 2 aromatic rings. The summed E-state index contributed by atoms with van der Waals surface area (Å²) in [5, 5.41) is 4.47. The molecule has 0 radical (unpaired) electrons. The molecule has 1 fully saturated rings. The minimum atomic E-state index is 0.179. The summed E-state index contributed by atoms with van der Waals surface area (Å²) >= 11 is 0. The molecule has 2 aromatic heterocycles. The van der Waals surface area contributed by atoms with E-state index in [4.69, 9.17) is 0 Å². The number of carbonyl (C=O) groups excluding carboxylic acids is 1. The van der Waals surface area contributed by atoms with Crippen molar-refractivity contribution in [3.8, 4) is 0 Å². The zero-order valence-electron chi connectivity index (χ0n) is 16.3. The number of likely N-dealkylation sites (tertiary alicyclic amines) is 1. The van der Waals surface area contributed by atoms with E-state index in [1.807, 2.05) is 42.9 Å². The Labute approximate surface area is 155 Å². The van der Waals surface area contributed by atoms with Gasteiger partial charge >= 0.3 is 0 Å².